The number of rotatable bonds is 6. The van der Waals surface area contributed by atoms with Gasteiger partial charge < -0.3 is 0 Å². The second-order valence-corrected chi connectivity index (χ2v) is 12.5. The molecule has 180 valence electrons. The second kappa shape index (κ2) is 9.59. The topological polar surface area (TPSA) is 78.0 Å². The largest absolute Gasteiger partial charge is 0.269 e. The van der Waals surface area contributed by atoms with Crippen molar-refractivity contribution in [2.75, 3.05) is 20.0 Å². The van der Waals surface area contributed by atoms with Crippen molar-refractivity contribution in [2.24, 2.45) is 0 Å². The molecule has 0 bridgehead atoms. The summed E-state index contributed by atoms with van der Waals surface area (Å²) in [6, 6.07) is 22.6. The number of nitrogens with zero attached hydrogens (tertiary/aromatic N) is 3. The maximum absolute atomic E-state index is 13.5. The number of aryl methyl sites for hydroxylation is 2. The van der Waals surface area contributed by atoms with Crippen LogP contribution in [0.4, 0.5) is 0 Å². The minimum Gasteiger partial charge on any atom is -0.269 e. The van der Waals surface area contributed by atoms with E-state index in [2.05, 4.69) is 0 Å². The lowest BCUT2D eigenvalue weighted by molar-refractivity contribution is 0.0351. The first-order valence-electron chi connectivity index (χ1n) is 11.0. The van der Waals surface area contributed by atoms with Gasteiger partial charge in [-0.3, -0.25) is 4.90 Å². The minimum atomic E-state index is -3.92. The number of sulfonamides is 2. The molecule has 7 nitrogen and oxygen atoms in total. The van der Waals surface area contributed by atoms with Gasteiger partial charge in [0.1, 0.15) is 0 Å². The SMILES string of the molecule is Cc1ccc(S(=O)(=O)N2CN([C@H](C)c3ccccc3)CN(S(=O)(=O)c3ccc(C)cc3)C2)cc1. The molecule has 1 fully saturated rings. The van der Waals surface area contributed by atoms with Gasteiger partial charge in [0.05, 0.1) is 29.8 Å². The van der Waals surface area contributed by atoms with E-state index in [9.17, 15) is 16.8 Å². The maximum atomic E-state index is 13.5. The van der Waals surface area contributed by atoms with Crippen LogP contribution < -0.4 is 0 Å². The smallest absolute Gasteiger partial charge is 0.245 e. The molecule has 9 heteroatoms. The van der Waals surface area contributed by atoms with Crippen LogP contribution in [0.25, 0.3) is 0 Å². The average Bonchev–Trinajstić information content (AvgIpc) is 2.84. The van der Waals surface area contributed by atoms with E-state index in [1.165, 1.54) is 8.61 Å². The van der Waals surface area contributed by atoms with E-state index in [4.69, 9.17) is 0 Å². The van der Waals surface area contributed by atoms with E-state index in [0.717, 1.165) is 16.7 Å². The van der Waals surface area contributed by atoms with Gasteiger partial charge in [-0.15, -0.1) is 0 Å². The molecule has 0 spiro atoms. The average molecular weight is 500 g/mol. The molecule has 0 unspecified atom stereocenters. The highest BCUT2D eigenvalue weighted by Gasteiger charge is 2.39. The predicted molar refractivity (Wildman–Crippen MR) is 132 cm³/mol. The summed E-state index contributed by atoms with van der Waals surface area (Å²) in [6.07, 6.45) is 0. The van der Waals surface area contributed by atoms with Gasteiger partial charge in [-0.25, -0.2) is 16.8 Å². The summed E-state index contributed by atoms with van der Waals surface area (Å²) < 4.78 is 56.6. The van der Waals surface area contributed by atoms with Crippen LogP contribution in [0, 0.1) is 13.8 Å². The summed E-state index contributed by atoms with van der Waals surface area (Å²) in [5, 5.41) is 0. The van der Waals surface area contributed by atoms with Gasteiger partial charge in [-0.2, -0.15) is 8.61 Å². The molecule has 34 heavy (non-hydrogen) atoms. The zero-order valence-corrected chi connectivity index (χ0v) is 21.1. The minimum absolute atomic E-state index is 0.0756. The second-order valence-electron chi connectivity index (χ2n) is 8.64. The molecule has 3 aromatic rings. The summed E-state index contributed by atoms with van der Waals surface area (Å²) in [5.74, 6) is 0. The summed E-state index contributed by atoms with van der Waals surface area (Å²) in [4.78, 5) is 2.14. The van der Waals surface area contributed by atoms with Crippen molar-refractivity contribution in [1.82, 2.24) is 13.5 Å². The van der Waals surface area contributed by atoms with Crippen molar-refractivity contribution in [3.8, 4) is 0 Å². The Morgan fingerprint density at radius 1 is 0.618 bits per heavy atom. The summed E-state index contributed by atoms with van der Waals surface area (Å²) in [6.45, 7) is 5.61. The predicted octanol–water partition coefficient (Wildman–Crippen LogP) is 3.93. The fourth-order valence-corrected chi connectivity index (χ4v) is 6.74. The normalized spacial score (nSPS) is 17.5. The van der Waals surface area contributed by atoms with Crippen molar-refractivity contribution >= 4 is 20.0 Å². The number of benzene rings is 3. The Kier molecular flexibility index (Phi) is 6.93. The first kappa shape index (κ1) is 24.6. The summed E-state index contributed by atoms with van der Waals surface area (Å²) in [5.41, 5.74) is 2.87. The van der Waals surface area contributed by atoms with Crippen molar-refractivity contribution in [2.45, 2.75) is 36.6 Å². The standard InChI is InChI=1S/C25H29N3O4S2/c1-20-9-13-24(14-10-20)33(29,30)27-17-26(22(3)23-7-5-4-6-8-23)18-28(19-27)34(31,32)25-15-11-21(2)12-16-25/h4-16,22H,17-19H2,1-3H3/t22-/m1/s1. The molecule has 4 rings (SSSR count). The third-order valence-electron chi connectivity index (χ3n) is 6.14. The van der Waals surface area contributed by atoms with Crippen LogP contribution >= 0.6 is 0 Å². The van der Waals surface area contributed by atoms with Crippen LogP contribution in [0.3, 0.4) is 0 Å². The Bertz CT molecular complexity index is 1260. The molecule has 0 amide bonds. The quantitative estimate of drug-likeness (QED) is 0.514. The molecule has 0 radical (unpaired) electrons. The molecule has 1 aliphatic rings. The van der Waals surface area contributed by atoms with Gasteiger partial charge >= 0.3 is 0 Å². The van der Waals surface area contributed by atoms with Gasteiger partial charge in [0.2, 0.25) is 20.0 Å². The lowest BCUT2D eigenvalue weighted by Crippen LogP contribution is -2.58. The molecule has 0 aromatic heterocycles. The van der Waals surface area contributed by atoms with E-state index in [1.54, 1.807) is 48.5 Å². The molecule has 1 aliphatic heterocycles. The van der Waals surface area contributed by atoms with Crippen molar-refractivity contribution in [1.29, 1.82) is 0 Å². The maximum Gasteiger partial charge on any atom is 0.245 e. The van der Waals surface area contributed by atoms with Crippen molar-refractivity contribution < 1.29 is 16.8 Å². The van der Waals surface area contributed by atoms with E-state index < -0.39 is 20.0 Å². The van der Waals surface area contributed by atoms with Crippen LogP contribution in [0.2, 0.25) is 0 Å². The molecule has 0 aliphatic carbocycles. The zero-order chi connectivity index (χ0) is 24.5. The van der Waals surface area contributed by atoms with Crippen LogP contribution in [0.5, 0.6) is 0 Å². The Morgan fingerprint density at radius 3 is 1.44 bits per heavy atom. The Labute approximate surface area is 202 Å². The summed E-state index contributed by atoms with van der Waals surface area (Å²) in [7, 11) is -7.85. The third kappa shape index (κ3) is 4.94. The highest BCUT2D eigenvalue weighted by molar-refractivity contribution is 7.90. The van der Waals surface area contributed by atoms with Gasteiger partial charge in [0.15, 0.2) is 0 Å². The van der Waals surface area contributed by atoms with Crippen LogP contribution in [-0.4, -0.2) is 50.4 Å². The number of hydrogen-bond donors (Lipinski definition) is 0. The molecular formula is C25H29N3O4S2. The zero-order valence-electron chi connectivity index (χ0n) is 19.5. The van der Waals surface area contributed by atoms with Crippen molar-refractivity contribution in [3.63, 3.8) is 0 Å². The molecule has 0 saturated carbocycles. The Morgan fingerprint density at radius 2 is 1.03 bits per heavy atom. The molecule has 0 N–H and O–H groups in total. The fourth-order valence-electron chi connectivity index (χ4n) is 3.93. The fraction of sp³-hybridized carbons (Fsp3) is 0.280. The van der Waals surface area contributed by atoms with Crippen LogP contribution in [0.1, 0.15) is 29.7 Å². The van der Waals surface area contributed by atoms with Gasteiger partial charge in [-0.1, -0.05) is 65.7 Å². The first-order chi connectivity index (χ1) is 16.1. The Hall–Kier alpha value is -2.56. The van der Waals surface area contributed by atoms with Crippen LogP contribution in [-0.2, 0) is 20.0 Å². The monoisotopic (exact) mass is 499 g/mol. The summed E-state index contributed by atoms with van der Waals surface area (Å²) >= 11 is 0. The van der Waals surface area contributed by atoms with Gasteiger partial charge in [0, 0.05) is 6.04 Å². The Balaban J connectivity index is 1.73. The van der Waals surface area contributed by atoms with E-state index in [0.29, 0.717) is 0 Å². The highest BCUT2D eigenvalue weighted by atomic mass is 32.2. The third-order valence-corrected chi connectivity index (χ3v) is 9.70. The van der Waals surface area contributed by atoms with E-state index >= 15 is 0 Å². The molecular weight excluding hydrogens is 470 g/mol. The van der Waals surface area contributed by atoms with Gasteiger partial charge in [-0.05, 0) is 50.6 Å². The molecule has 1 saturated heterocycles. The lowest BCUT2D eigenvalue weighted by Gasteiger charge is -2.43. The number of hydrogen-bond acceptors (Lipinski definition) is 5. The molecule has 1 heterocycles. The van der Waals surface area contributed by atoms with Gasteiger partial charge in [0.25, 0.3) is 0 Å². The lowest BCUT2D eigenvalue weighted by atomic mass is 10.1. The highest BCUT2D eigenvalue weighted by Crippen LogP contribution is 2.29. The molecule has 1 atom stereocenters. The van der Waals surface area contributed by atoms with Crippen LogP contribution in [0.15, 0.2) is 88.7 Å². The molecule has 3 aromatic carbocycles. The van der Waals surface area contributed by atoms with E-state index in [1.807, 2.05) is 56.0 Å². The van der Waals surface area contributed by atoms with E-state index in [-0.39, 0.29) is 35.8 Å². The first-order valence-corrected chi connectivity index (χ1v) is 13.9. The van der Waals surface area contributed by atoms with Crippen molar-refractivity contribution in [3.05, 3.63) is 95.6 Å².